The van der Waals surface area contributed by atoms with Gasteiger partial charge in [-0.1, -0.05) is 12.1 Å². The standard InChI is InChI=1S/C30H41FN4O4/c1-30(2,3)39-29(37)35-24-7-6-22(15-24)27(35)28(36)33-23(17-32)14-21-5-4-20(16-26(21)31)19-8-11-34(12-9-19)25-10-13-38-18-25/h4-5,16,19,22-25,27H,6-15,18H2,1-3H3,(H,33,36)/t22?,23-,24+,25?,27-/m0/s1. The van der Waals surface area contributed by atoms with E-state index in [1.165, 1.54) is 0 Å². The first-order valence-corrected chi connectivity index (χ1v) is 14.4. The van der Waals surface area contributed by atoms with Gasteiger partial charge in [0.25, 0.3) is 0 Å². The molecule has 212 valence electrons. The molecular formula is C30H41FN4O4. The van der Waals surface area contributed by atoms with Crippen LogP contribution in [0.5, 0.6) is 0 Å². The van der Waals surface area contributed by atoms with Gasteiger partial charge in [0.1, 0.15) is 23.5 Å². The molecule has 3 saturated heterocycles. The SMILES string of the molecule is CC(C)(C)OC(=O)N1[C@@H]2CCC(C2)[C@H]1C(=O)N[C@H](C#N)Cc1ccc(C2CCN(C3CCOC3)CC2)cc1F. The van der Waals surface area contributed by atoms with Crippen LogP contribution in [0, 0.1) is 23.1 Å². The van der Waals surface area contributed by atoms with Crippen molar-refractivity contribution in [2.75, 3.05) is 26.3 Å². The number of hydrogen-bond donors (Lipinski definition) is 1. The number of nitrogens with one attached hydrogen (secondary N) is 1. The minimum absolute atomic E-state index is 0.0236. The van der Waals surface area contributed by atoms with Crippen molar-refractivity contribution >= 4 is 12.0 Å². The molecule has 3 heterocycles. The van der Waals surface area contributed by atoms with E-state index in [-0.39, 0.29) is 30.1 Å². The fourth-order valence-electron chi connectivity index (χ4n) is 6.90. The molecule has 5 atom stereocenters. The van der Waals surface area contributed by atoms with E-state index in [4.69, 9.17) is 9.47 Å². The maximum Gasteiger partial charge on any atom is 0.411 e. The van der Waals surface area contributed by atoms with Crippen molar-refractivity contribution in [3.63, 3.8) is 0 Å². The number of likely N-dealkylation sites (tertiary alicyclic amines) is 2. The second-order valence-electron chi connectivity index (χ2n) is 12.6. The summed E-state index contributed by atoms with van der Waals surface area (Å²) < 4.78 is 26.3. The summed E-state index contributed by atoms with van der Waals surface area (Å²) in [6.07, 6.45) is 5.12. The van der Waals surface area contributed by atoms with Gasteiger partial charge in [0.15, 0.2) is 0 Å². The van der Waals surface area contributed by atoms with Crippen molar-refractivity contribution in [2.24, 2.45) is 5.92 Å². The van der Waals surface area contributed by atoms with Crippen LogP contribution in [-0.2, 0) is 20.7 Å². The average Bonchev–Trinajstić information content (AvgIpc) is 3.66. The molecular weight excluding hydrogens is 499 g/mol. The van der Waals surface area contributed by atoms with E-state index < -0.39 is 23.8 Å². The lowest BCUT2D eigenvalue weighted by Crippen LogP contribution is -2.55. The molecule has 2 bridgehead atoms. The lowest BCUT2D eigenvalue weighted by atomic mass is 9.87. The maximum absolute atomic E-state index is 15.2. The number of benzene rings is 1. The van der Waals surface area contributed by atoms with E-state index in [0.29, 0.717) is 17.5 Å². The minimum Gasteiger partial charge on any atom is -0.444 e. The molecule has 4 fully saturated rings. The number of halogens is 1. The van der Waals surface area contributed by atoms with Crippen LogP contribution in [0.2, 0.25) is 0 Å². The Balaban J connectivity index is 1.19. The monoisotopic (exact) mass is 540 g/mol. The second-order valence-corrected chi connectivity index (χ2v) is 12.6. The molecule has 39 heavy (non-hydrogen) atoms. The van der Waals surface area contributed by atoms with Crippen LogP contribution in [0.1, 0.15) is 76.3 Å². The first-order valence-electron chi connectivity index (χ1n) is 14.4. The van der Waals surface area contributed by atoms with E-state index in [9.17, 15) is 14.9 Å². The normalized spacial score (nSPS) is 28.3. The Hall–Kier alpha value is -2.70. The first-order chi connectivity index (χ1) is 18.6. The quantitative estimate of drug-likeness (QED) is 0.583. The minimum atomic E-state index is -0.894. The highest BCUT2D eigenvalue weighted by Crippen LogP contribution is 2.43. The van der Waals surface area contributed by atoms with Gasteiger partial charge in [-0.25, -0.2) is 9.18 Å². The number of piperidine rings is 2. The highest BCUT2D eigenvalue weighted by molar-refractivity contribution is 5.87. The van der Waals surface area contributed by atoms with Gasteiger partial charge in [0, 0.05) is 25.1 Å². The van der Waals surface area contributed by atoms with Crippen molar-refractivity contribution < 1.29 is 23.5 Å². The van der Waals surface area contributed by atoms with Crippen molar-refractivity contribution in [1.82, 2.24) is 15.1 Å². The number of nitrogens with zero attached hydrogens (tertiary/aromatic N) is 3. The Bertz CT molecular complexity index is 1100. The second kappa shape index (κ2) is 11.4. The Morgan fingerprint density at radius 2 is 1.95 bits per heavy atom. The van der Waals surface area contributed by atoms with Crippen LogP contribution in [0.3, 0.4) is 0 Å². The van der Waals surface area contributed by atoms with Gasteiger partial charge in [-0.3, -0.25) is 14.6 Å². The largest absolute Gasteiger partial charge is 0.444 e. The van der Waals surface area contributed by atoms with E-state index in [1.807, 2.05) is 6.07 Å². The number of fused-ring (bicyclic) bond motifs is 2. The van der Waals surface area contributed by atoms with Gasteiger partial charge in [-0.05, 0) is 101 Å². The molecule has 3 aliphatic heterocycles. The molecule has 2 amide bonds. The number of amides is 2. The Morgan fingerprint density at radius 1 is 1.18 bits per heavy atom. The van der Waals surface area contributed by atoms with Crippen LogP contribution in [0.4, 0.5) is 9.18 Å². The summed E-state index contributed by atoms with van der Waals surface area (Å²) >= 11 is 0. The lowest BCUT2D eigenvalue weighted by Gasteiger charge is -2.36. The van der Waals surface area contributed by atoms with Crippen molar-refractivity contribution in [2.45, 2.75) is 101 Å². The number of nitriles is 1. The number of rotatable bonds is 6. The molecule has 0 spiro atoms. The Morgan fingerprint density at radius 3 is 2.59 bits per heavy atom. The summed E-state index contributed by atoms with van der Waals surface area (Å²) in [5, 5.41) is 12.6. The van der Waals surface area contributed by atoms with Gasteiger partial charge in [0.05, 0.1) is 12.7 Å². The number of hydrogen-bond acceptors (Lipinski definition) is 6. The average molecular weight is 541 g/mol. The molecule has 5 rings (SSSR count). The summed E-state index contributed by atoms with van der Waals surface area (Å²) in [5.74, 6) is -0.347. The highest BCUT2D eigenvalue weighted by Gasteiger charge is 2.52. The number of ether oxygens (including phenoxy) is 2. The molecule has 0 radical (unpaired) electrons. The van der Waals surface area contributed by atoms with Gasteiger partial charge in [0.2, 0.25) is 5.91 Å². The summed E-state index contributed by atoms with van der Waals surface area (Å²) in [4.78, 5) is 30.3. The molecule has 1 aromatic carbocycles. The molecule has 0 aromatic heterocycles. The van der Waals surface area contributed by atoms with E-state index in [1.54, 1.807) is 37.8 Å². The van der Waals surface area contributed by atoms with Gasteiger partial charge in [-0.2, -0.15) is 5.26 Å². The van der Waals surface area contributed by atoms with E-state index in [2.05, 4.69) is 16.3 Å². The predicted octanol–water partition coefficient (Wildman–Crippen LogP) is 4.13. The van der Waals surface area contributed by atoms with Crippen LogP contribution < -0.4 is 5.32 Å². The van der Waals surface area contributed by atoms with Crippen molar-refractivity contribution in [1.29, 1.82) is 5.26 Å². The van der Waals surface area contributed by atoms with Crippen molar-refractivity contribution in [3.05, 3.63) is 35.1 Å². The first kappa shape index (κ1) is 27.9. The molecule has 2 unspecified atom stereocenters. The maximum atomic E-state index is 15.2. The molecule has 1 aliphatic carbocycles. The van der Waals surface area contributed by atoms with E-state index >= 15 is 4.39 Å². The fraction of sp³-hybridized carbons (Fsp3) is 0.700. The van der Waals surface area contributed by atoms with Crippen molar-refractivity contribution in [3.8, 4) is 6.07 Å². The Kier molecular flexibility index (Phi) is 8.16. The smallest absolute Gasteiger partial charge is 0.411 e. The third-order valence-electron chi connectivity index (χ3n) is 8.85. The summed E-state index contributed by atoms with van der Waals surface area (Å²) in [6.45, 7) is 9.04. The molecule has 1 aromatic rings. The van der Waals surface area contributed by atoms with Gasteiger partial charge in [-0.15, -0.1) is 0 Å². The topological polar surface area (TPSA) is 94.9 Å². The van der Waals surface area contributed by atoms with Crippen LogP contribution >= 0.6 is 0 Å². The highest BCUT2D eigenvalue weighted by atomic mass is 19.1. The predicted molar refractivity (Wildman–Crippen MR) is 143 cm³/mol. The fourth-order valence-corrected chi connectivity index (χ4v) is 6.90. The molecule has 9 heteroatoms. The molecule has 1 saturated carbocycles. The Labute approximate surface area is 230 Å². The zero-order valence-corrected chi connectivity index (χ0v) is 23.3. The third kappa shape index (κ3) is 6.22. The van der Waals surface area contributed by atoms with E-state index in [0.717, 1.165) is 70.4 Å². The third-order valence-corrected chi connectivity index (χ3v) is 8.85. The molecule has 4 aliphatic rings. The van der Waals surface area contributed by atoms with Crippen LogP contribution in [-0.4, -0.2) is 77.9 Å². The molecule has 8 nitrogen and oxygen atoms in total. The number of carbonyl (C=O) groups excluding carboxylic acids is 2. The van der Waals surface area contributed by atoms with Crippen LogP contribution in [0.25, 0.3) is 0 Å². The van der Waals surface area contributed by atoms with Crippen LogP contribution in [0.15, 0.2) is 18.2 Å². The zero-order chi connectivity index (χ0) is 27.7. The lowest BCUT2D eigenvalue weighted by molar-refractivity contribution is -0.128. The molecule has 1 N–H and O–H groups in total. The number of carbonyl (C=O) groups is 2. The van der Waals surface area contributed by atoms with Gasteiger partial charge >= 0.3 is 6.09 Å². The summed E-state index contributed by atoms with van der Waals surface area (Å²) in [6, 6.07) is 6.37. The zero-order valence-electron chi connectivity index (χ0n) is 23.3. The van der Waals surface area contributed by atoms with Gasteiger partial charge < -0.3 is 14.8 Å². The summed E-state index contributed by atoms with van der Waals surface area (Å²) in [5.41, 5.74) is 0.731. The summed E-state index contributed by atoms with van der Waals surface area (Å²) in [7, 11) is 0.